The highest BCUT2D eigenvalue weighted by Crippen LogP contribution is 2.16. The fourth-order valence-corrected chi connectivity index (χ4v) is 3.02. The van der Waals surface area contributed by atoms with Crippen molar-refractivity contribution in [1.29, 1.82) is 0 Å². The number of amides is 4. The third-order valence-corrected chi connectivity index (χ3v) is 5.81. The number of aliphatic hydroxyl groups excluding tert-OH is 4. The lowest BCUT2D eigenvalue weighted by Crippen LogP contribution is -2.53. The molecule has 0 saturated heterocycles. The molecule has 0 aromatic heterocycles. The van der Waals surface area contributed by atoms with Crippen LogP contribution in [0, 0.1) is 23.7 Å². The summed E-state index contributed by atoms with van der Waals surface area (Å²) in [4.78, 5) is 76.3. The van der Waals surface area contributed by atoms with Crippen LogP contribution < -0.4 is 21.3 Å². The molecule has 0 aromatic carbocycles. The number of carbonyl (C=O) groups excluding carboxylic acids is 4. The Morgan fingerprint density at radius 2 is 0.891 bits per heavy atom. The van der Waals surface area contributed by atoms with Crippen molar-refractivity contribution in [2.75, 3.05) is 0 Å². The molecule has 0 heterocycles. The van der Waals surface area contributed by atoms with Gasteiger partial charge in [0.05, 0.1) is 11.8 Å². The number of rotatable bonds is 18. The maximum atomic E-state index is 12.0. The number of nitrogens with one attached hydrogen (secondary N) is 4. The molecule has 0 aliphatic carbocycles. The van der Waals surface area contributed by atoms with Gasteiger partial charge in [0.2, 0.25) is 23.6 Å². The molecule has 11 N–H and O–H groups in total. The summed E-state index contributed by atoms with van der Waals surface area (Å²) in [6.45, 7) is 15.3. The zero-order valence-electron chi connectivity index (χ0n) is 26.1. The number of aliphatic carboxylic acids is 3. The largest absolute Gasteiger partial charge is 0.481 e. The second-order valence-electron chi connectivity index (χ2n) is 9.72. The van der Waals surface area contributed by atoms with Crippen LogP contribution in [0.25, 0.3) is 0 Å². The molecule has 8 unspecified atom stereocenters. The van der Waals surface area contributed by atoms with Gasteiger partial charge in [-0.15, -0.1) is 0 Å². The number of hydrogen-bond donors (Lipinski definition) is 11. The Morgan fingerprint density at radius 1 is 0.565 bits per heavy atom. The fourth-order valence-electron chi connectivity index (χ4n) is 3.02. The third kappa shape index (κ3) is 21.9. The Balaban J connectivity index is -0.000000805. The van der Waals surface area contributed by atoms with E-state index in [1.54, 1.807) is 6.92 Å². The zero-order valence-corrected chi connectivity index (χ0v) is 26.1. The van der Waals surface area contributed by atoms with E-state index in [4.69, 9.17) is 25.5 Å². The van der Waals surface area contributed by atoms with Crippen molar-refractivity contribution in [2.24, 2.45) is 23.7 Å². The molecule has 0 aromatic rings. The summed E-state index contributed by atoms with van der Waals surface area (Å²) in [6, 6.07) is 0. The van der Waals surface area contributed by atoms with E-state index in [2.05, 4.69) is 30.4 Å². The van der Waals surface area contributed by atoms with Crippen LogP contribution in [0.2, 0.25) is 0 Å². The van der Waals surface area contributed by atoms with E-state index in [0.29, 0.717) is 6.42 Å². The first-order valence-corrected chi connectivity index (χ1v) is 13.7. The first kappa shape index (κ1) is 45.8. The number of carbonyl (C=O) groups is 7. The smallest absolute Gasteiger partial charge is 0.327 e. The minimum Gasteiger partial charge on any atom is -0.481 e. The predicted molar refractivity (Wildman–Crippen MR) is 161 cm³/mol. The Bertz CT molecular complexity index is 1040. The Labute approximate surface area is 265 Å². The van der Waals surface area contributed by atoms with Crippen molar-refractivity contribution < 1.29 is 69.3 Å². The Kier molecular flexibility index (Phi) is 24.5. The second-order valence-corrected chi connectivity index (χ2v) is 9.72. The summed E-state index contributed by atoms with van der Waals surface area (Å²) >= 11 is 0. The van der Waals surface area contributed by atoms with E-state index in [-0.39, 0.29) is 12.8 Å². The number of aliphatic hydroxyl groups is 4. The molecule has 0 rings (SSSR count). The van der Waals surface area contributed by atoms with Crippen molar-refractivity contribution in [3.05, 3.63) is 38.0 Å². The van der Waals surface area contributed by atoms with Crippen LogP contribution in [0.1, 0.15) is 47.0 Å². The van der Waals surface area contributed by atoms with Gasteiger partial charge in [0, 0.05) is 17.9 Å². The van der Waals surface area contributed by atoms with E-state index in [1.807, 2.05) is 10.6 Å². The highest BCUT2D eigenvalue weighted by atomic mass is 16.4. The van der Waals surface area contributed by atoms with Crippen molar-refractivity contribution in [3.63, 3.8) is 0 Å². The summed E-state index contributed by atoms with van der Waals surface area (Å²) in [5.41, 5.74) is 0. The van der Waals surface area contributed by atoms with Crippen LogP contribution in [-0.4, -0.2) is 102 Å². The average molecular weight is 663 g/mol. The second kappa shape index (κ2) is 24.6. The van der Waals surface area contributed by atoms with Gasteiger partial charge in [0.15, 0.2) is 24.9 Å². The van der Waals surface area contributed by atoms with Crippen LogP contribution in [0.4, 0.5) is 0 Å². The Hall–Kier alpha value is -4.65. The molecule has 8 atom stereocenters. The molecule has 262 valence electrons. The number of carboxylic acid groups (broad SMARTS) is 3. The van der Waals surface area contributed by atoms with Gasteiger partial charge in [0.25, 0.3) is 0 Å². The van der Waals surface area contributed by atoms with Crippen molar-refractivity contribution in [3.8, 4) is 0 Å². The summed E-state index contributed by atoms with van der Waals surface area (Å²) in [7, 11) is 0. The molecule has 0 aliphatic rings. The van der Waals surface area contributed by atoms with Gasteiger partial charge >= 0.3 is 17.9 Å². The lowest BCUT2D eigenvalue weighted by atomic mass is 9.93. The van der Waals surface area contributed by atoms with Gasteiger partial charge in [-0.1, -0.05) is 47.4 Å². The maximum Gasteiger partial charge on any atom is 0.327 e. The van der Waals surface area contributed by atoms with E-state index in [0.717, 1.165) is 18.2 Å². The fraction of sp³-hybridized carbons (Fsp3) is 0.536. The van der Waals surface area contributed by atoms with Gasteiger partial charge in [0.1, 0.15) is 0 Å². The van der Waals surface area contributed by atoms with Gasteiger partial charge < -0.3 is 57.0 Å². The summed E-state index contributed by atoms with van der Waals surface area (Å²) in [5, 5.41) is 71.4. The van der Waals surface area contributed by atoms with Crippen molar-refractivity contribution in [2.45, 2.75) is 71.9 Å². The third-order valence-electron chi connectivity index (χ3n) is 5.81. The molecule has 4 amide bonds. The molecule has 0 fully saturated rings. The minimum atomic E-state index is -1.79. The van der Waals surface area contributed by atoms with Crippen LogP contribution in [0.3, 0.4) is 0 Å². The van der Waals surface area contributed by atoms with Gasteiger partial charge in [-0.25, -0.2) is 4.79 Å². The first-order chi connectivity index (χ1) is 21.2. The monoisotopic (exact) mass is 662 g/mol. The van der Waals surface area contributed by atoms with Crippen LogP contribution in [0.15, 0.2) is 38.0 Å². The van der Waals surface area contributed by atoms with E-state index >= 15 is 0 Å². The average Bonchev–Trinajstić information content (AvgIpc) is 2.99. The molecule has 46 heavy (non-hydrogen) atoms. The van der Waals surface area contributed by atoms with Crippen LogP contribution in [-0.2, 0) is 33.6 Å². The lowest BCUT2D eigenvalue weighted by molar-refractivity contribution is -0.145. The van der Waals surface area contributed by atoms with Crippen molar-refractivity contribution in [1.82, 2.24) is 21.3 Å². The van der Waals surface area contributed by atoms with Crippen molar-refractivity contribution >= 4 is 41.5 Å². The van der Waals surface area contributed by atoms with Crippen LogP contribution >= 0.6 is 0 Å². The van der Waals surface area contributed by atoms with E-state index in [1.165, 1.54) is 20.8 Å². The minimum absolute atomic E-state index is 0.0426. The summed E-state index contributed by atoms with van der Waals surface area (Å²) in [6.07, 6.45) is -3.64. The molecular weight excluding hydrogens is 616 g/mol. The molecule has 0 bridgehead atoms. The highest BCUT2D eigenvalue weighted by molar-refractivity contribution is 5.88. The Morgan fingerprint density at radius 3 is 1.15 bits per heavy atom. The van der Waals surface area contributed by atoms with Gasteiger partial charge in [-0.3, -0.25) is 28.8 Å². The molecule has 0 spiro atoms. The van der Waals surface area contributed by atoms with E-state index < -0.39 is 90.1 Å². The highest BCUT2D eigenvalue weighted by Gasteiger charge is 2.28. The quantitative estimate of drug-likeness (QED) is 0.0571. The molecule has 18 heteroatoms. The molecule has 0 radical (unpaired) electrons. The lowest BCUT2D eigenvalue weighted by Gasteiger charge is -2.24. The SMILES string of the molecule is C=CC(=O)NC(O)C(O)NC(=O)C=C.C=CC(=O)O.CCC(CC(C)C(=O)NC(O)C(O)NC(=O)C(C)CC(C)C(=O)O)C(=O)O. The topological polar surface area (TPSA) is 309 Å². The maximum absolute atomic E-state index is 12.0. The molecule has 18 nitrogen and oxygen atoms in total. The normalized spacial score (nSPS) is 15.2. The predicted octanol–water partition coefficient (Wildman–Crippen LogP) is -1.78. The first-order valence-electron chi connectivity index (χ1n) is 13.7. The zero-order chi connectivity index (χ0) is 36.7. The molecule has 0 aliphatic heterocycles. The molecule has 0 saturated carbocycles. The van der Waals surface area contributed by atoms with Crippen LogP contribution in [0.5, 0.6) is 0 Å². The standard InChI is InChI=1S/C17H30N2O8.C8H12N2O4.C3H4O2/c1-5-11(17(26)27)7-9(3)13(21)19-15(23)14(22)18-12(20)8(2)6-10(4)16(24)25;1-3-5(11)9-7(13)8(14)10-6(12)4-2;1-2-3(4)5/h8-11,14-15,22-23H,5-7H2,1-4H3,(H,18,20)(H,19,21)(H,24,25)(H,26,27);3-4,7-8,13-14H,1-2H2,(H,9,11)(H,10,12);2H,1H2,(H,4,5). The number of carboxylic acids is 3. The van der Waals surface area contributed by atoms with Gasteiger partial charge in [-0.05, 0) is 31.4 Å². The van der Waals surface area contributed by atoms with Gasteiger partial charge in [-0.2, -0.15) is 0 Å². The summed E-state index contributed by atoms with van der Waals surface area (Å²) in [5.74, 6) is -8.63. The van der Waals surface area contributed by atoms with E-state index in [9.17, 15) is 43.8 Å². The summed E-state index contributed by atoms with van der Waals surface area (Å²) < 4.78 is 0. The molecular formula is C28H46N4O14. The number of hydrogen-bond acceptors (Lipinski definition) is 11.